The molecule has 0 saturated heterocycles. The van der Waals surface area contributed by atoms with Crippen LogP contribution in [0.4, 0.5) is 0 Å². The summed E-state index contributed by atoms with van der Waals surface area (Å²) >= 11 is 0. The third-order valence-electron chi connectivity index (χ3n) is 4.45. The molecule has 0 bridgehead atoms. The molecule has 0 atom stereocenters. The highest BCUT2D eigenvalue weighted by Gasteiger charge is 2.06. The van der Waals surface area contributed by atoms with Crippen LogP contribution in [-0.2, 0) is 6.54 Å². The number of pyridine rings is 1. The number of guanidine groups is 1. The van der Waals surface area contributed by atoms with Crippen molar-refractivity contribution in [3.8, 4) is 5.75 Å². The van der Waals surface area contributed by atoms with Crippen molar-refractivity contribution in [3.63, 3.8) is 0 Å². The number of ether oxygens (including phenoxy) is 1. The smallest absolute Gasteiger partial charge is 0.250 e. The number of aliphatic imine (C=N–C) groups is 1. The molecule has 1 aromatic carbocycles. The van der Waals surface area contributed by atoms with Gasteiger partial charge in [0.25, 0.3) is 5.56 Å². The molecular formula is C22H33IN4O2. The Morgan fingerprint density at radius 2 is 1.90 bits per heavy atom. The van der Waals surface area contributed by atoms with Crippen LogP contribution in [-0.4, -0.2) is 48.7 Å². The van der Waals surface area contributed by atoms with Crippen LogP contribution in [0.25, 0.3) is 0 Å². The fraction of sp³-hybridized carbons (Fsp3) is 0.455. The number of nitrogens with zero attached hydrogens (tertiary/aromatic N) is 3. The van der Waals surface area contributed by atoms with Crippen LogP contribution in [0.5, 0.6) is 5.75 Å². The first-order chi connectivity index (χ1) is 13.6. The first kappa shape index (κ1) is 25.0. The van der Waals surface area contributed by atoms with Gasteiger partial charge in [0.05, 0.1) is 6.54 Å². The van der Waals surface area contributed by atoms with Gasteiger partial charge < -0.3 is 19.5 Å². The van der Waals surface area contributed by atoms with Crippen LogP contribution < -0.4 is 15.6 Å². The van der Waals surface area contributed by atoms with E-state index in [9.17, 15) is 4.79 Å². The summed E-state index contributed by atoms with van der Waals surface area (Å²) in [6.07, 6.45) is 1.86. The minimum atomic E-state index is 0. The summed E-state index contributed by atoms with van der Waals surface area (Å²) in [5, 5.41) is 3.32. The van der Waals surface area contributed by atoms with Gasteiger partial charge >= 0.3 is 0 Å². The first-order valence-electron chi connectivity index (χ1n) is 9.95. The molecule has 29 heavy (non-hydrogen) atoms. The van der Waals surface area contributed by atoms with Crippen molar-refractivity contribution in [2.75, 3.05) is 33.3 Å². The predicted octanol–water partition coefficient (Wildman–Crippen LogP) is 3.53. The molecule has 0 aliphatic rings. The maximum absolute atomic E-state index is 11.9. The summed E-state index contributed by atoms with van der Waals surface area (Å²) in [7, 11) is 2.02. The second-order valence-electron chi connectivity index (χ2n) is 6.68. The number of hydrogen-bond acceptors (Lipinski definition) is 3. The van der Waals surface area contributed by atoms with Gasteiger partial charge in [-0.3, -0.25) is 9.79 Å². The Hall–Kier alpha value is -2.03. The lowest BCUT2D eigenvalue weighted by Gasteiger charge is -2.22. The molecule has 2 rings (SSSR count). The fourth-order valence-electron chi connectivity index (χ4n) is 2.87. The average molecular weight is 512 g/mol. The lowest BCUT2D eigenvalue weighted by atomic mass is 10.3. The lowest BCUT2D eigenvalue weighted by molar-refractivity contribution is 0.281. The van der Waals surface area contributed by atoms with Crippen molar-refractivity contribution >= 4 is 29.9 Å². The van der Waals surface area contributed by atoms with E-state index in [1.165, 1.54) is 0 Å². The van der Waals surface area contributed by atoms with E-state index >= 15 is 0 Å². The van der Waals surface area contributed by atoms with E-state index in [1.807, 2.05) is 54.9 Å². The molecule has 1 aromatic heterocycles. The molecule has 0 fully saturated rings. The minimum absolute atomic E-state index is 0. The van der Waals surface area contributed by atoms with Crippen molar-refractivity contribution in [2.24, 2.45) is 4.99 Å². The summed E-state index contributed by atoms with van der Waals surface area (Å²) in [6.45, 7) is 7.66. The lowest BCUT2D eigenvalue weighted by Crippen LogP contribution is -2.41. The zero-order valence-electron chi connectivity index (χ0n) is 17.6. The quantitative estimate of drug-likeness (QED) is 0.229. The van der Waals surface area contributed by atoms with Crippen molar-refractivity contribution in [2.45, 2.75) is 33.2 Å². The monoisotopic (exact) mass is 512 g/mol. The molecule has 0 aliphatic heterocycles. The molecule has 1 heterocycles. The van der Waals surface area contributed by atoms with E-state index in [0.29, 0.717) is 6.61 Å². The summed E-state index contributed by atoms with van der Waals surface area (Å²) in [4.78, 5) is 18.7. The highest BCUT2D eigenvalue weighted by molar-refractivity contribution is 14.0. The number of halogens is 1. The Bertz CT molecular complexity index is 793. The highest BCUT2D eigenvalue weighted by Crippen LogP contribution is 2.07. The number of para-hydroxylation sites is 1. The van der Waals surface area contributed by atoms with Crippen LogP contribution in [0.15, 0.2) is 58.3 Å². The topological polar surface area (TPSA) is 58.9 Å². The number of benzene rings is 1. The second-order valence-corrected chi connectivity index (χ2v) is 6.68. The van der Waals surface area contributed by atoms with Crippen LogP contribution in [0.3, 0.4) is 0 Å². The normalized spacial score (nSPS) is 10.9. The maximum atomic E-state index is 11.9. The van der Waals surface area contributed by atoms with Crippen LogP contribution in [0.2, 0.25) is 0 Å². The zero-order valence-corrected chi connectivity index (χ0v) is 20.0. The molecule has 160 valence electrons. The molecule has 0 saturated carbocycles. The van der Waals surface area contributed by atoms with Gasteiger partial charge in [-0.1, -0.05) is 24.3 Å². The molecule has 0 spiro atoms. The molecule has 0 aliphatic carbocycles. The van der Waals surface area contributed by atoms with Gasteiger partial charge in [-0.25, -0.2) is 0 Å². The number of aryl methyl sites for hydroxylation is 1. The molecule has 1 N–H and O–H groups in total. The van der Waals surface area contributed by atoms with Gasteiger partial charge in [0.1, 0.15) is 12.4 Å². The SMILES string of the molecule is CCNC(=NCCCCn1c(C)cccc1=O)N(C)CCOc1ccccc1.I. The van der Waals surface area contributed by atoms with E-state index in [-0.39, 0.29) is 29.5 Å². The van der Waals surface area contributed by atoms with Crippen molar-refractivity contribution in [3.05, 3.63) is 64.6 Å². The predicted molar refractivity (Wildman–Crippen MR) is 131 cm³/mol. The third-order valence-corrected chi connectivity index (χ3v) is 4.45. The molecule has 6 nitrogen and oxygen atoms in total. The van der Waals surface area contributed by atoms with Gasteiger partial charge in [0.2, 0.25) is 0 Å². The third kappa shape index (κ3) is 8.89. The van der Waals surface area contributed by atoms with Gasteiger partial charge in [-0.15, -0.1) is 24.0 Å². The van der Waals surface area contributed by atoms with Crippen molar-refractivity contribution < 1.29 is 4.74 Å². The number of aromatic nitrogens is 1. The highest BCUT2D eigenvalue weighted by atomic mass is 127. The first-order valence-corrected chi connectivity index (χ1v) is 9.95. The zero-order chi connectivity index (χ0) is 20.2. The van der Waals surface area contributed by atoms with Crippen molar-refractivity contribution in [1.29, 1.82) is 0 Å². The number of nitrogens with one attached hydrogen (secondary N) is 1. The number of hydrogen-bond donors (Lipinski definition) is 1. The largest absolute Gasteiger partial charge is 0.492 e. The van der Waals surface area contributed by atoms with E-state index in [0.717, 1.165) is 56.4 Å². The Kier molecular flexibility index (Phi) is 12.1. The fourth-order valence-corrected chi connectivity index (χ4v) is 2.87. The Labute approximate surface area is 191 Å². The van der Waals surface area contributed by atoms with Gasteiger partial charge in [0, 0.05) is 38.4 Å². The Balaban J connectivity index is 0.00000420. The molecular weight excluding hydrogens is 479 g/mol. The van der Waals surface area contributed by atoms with E-state index in [4.69, 9.17) is 9.73 Å². The summed E-state index contributed by atoms with van der Waals surface area (Å²) in [5.74, 6) is 1.76. The number of unbranched alkanes of at least 4 members (excludes halogenated alkanes) is 1. The van der Waals surface area contributed by atoms with Gasteiger partial charge in [-0.05, 0) is 44.9 Å². The summed E-state index contributed by atoms with van der Waals surface area (Å²) in [5.41, 5.74) is 1.07. The standard InChI is InChI=1S/C22H32N4O2.HI/c1-4-23-22(25(3)17-18-28-20-12-6-5-7-13-20)24-15-8-9-16-26-19(2)11-10-14-21(26)27;/h5-7,10-14H,4,8-9,15-18H2,1-3H3,(H,23,24);1H. The number of rotatable bonds is 10. The van der Waals surface area contributed by atoms with E-state index < -0.39 is 0 Å². The average Bonchev–Trinajstić information content (AvgIpc) is 2.69. The molecule has 7 heteroatoms. The van der Waals surface area contributed by atoms with Gasteiger partial charge in [-0.2, -0.15) is 0 Å². The summed E-state index contributed by atoms with van der Waals surface area (Å²) in [6, 6.07) is 15.2. The molecule has 0 amide bonds. The van der Waals surface area contributed by atoms with Gasteiger partial charge in [0.15, 0.2) is 5.96 Å². The maximum Gasteiger partial charge on any atom is 0.250 e. The van der Waals surface area contributed by atoms with E-state index in [2.05, 4.69) is 17.1 Å². The molecule has 2 aromatic rings. The van der Waals surface area contributed by atoms with Crippen molar-refractivity contribution in [1.82, 2.24) is 14.8 Å². The molecule has 0 radical (unpaired) electrons. The Morgan fingerprint density at radius 3 is 2.59 bits per heavy atom. The molecule has 0 unspecified atom stereocenters. The van der Waals surface area contributed by atoms with Crippen LogP contribution >= 0.6 is 24.0 Å². The van der Waals surface area contributed by atoms with E-state index in [1.54, 1.807) is 12.1 Å². The van der Waals surface area contributed by atoms with Crippen LogP contribution in [0.1, 0.15) is 25.5 Å². The second kappa shape index (κ2) is 14.0. The number of likely N-dealkylation sites (N-methyl/N-ethyl adjacent to an activating group) is 1. The summed E-state index contributed by atoms with van der Waals surface area (Å²) < 4.78 is 7.58. The van der Waals surface area contributed by atoms with Crippen LogP contribution in [0, 0.1) is 6.92 Å². The minimum Gasteiger partial charge on any atom is -0.492 e. The Morgan fingerprint density at radius 1 is 1.14 bits per heavy atom.